The summed E-state index contributed by atoms with van der Waals surface area (Å²) in [6.07, 6.45) is 2.01. The van der Waals surface area contributed by atoms with Gasteiger partial charge in [-0.1, -0.05) is 49.7 Å². The second kappa shape index (κ2) is 10.3. The molecule has 0 radical (unpaired) electrons. The van der Waals surface area contributed by atoms with E-state index in [1.807, 2.05) is 60.7 Å². The molecule has 0 aliphatic rings. The summed E-state index contributed by atoms with van der Waals surface area (Å²) in [6, 6.07) is 18.7. The highest BCUT2D eigenvalue weighted by Gasteiger charge is 2.18. The van der Waals surface area contributed by atoms with Crippen LogP contribution in [0.1, 0.15) is 19.8 Å². The lowest BCUT2D eigenvalue weighted by Crippen LogP contribution is -3.14. The fraction of sp³-hybridized carbons (Fsp3) is 0.300. The van der Waals surface area contributed by atoms with Crippen LogP contribution >= 0.6 is 0 Å². The van der Waals surface area contributed by atoms with Gasteiger partial charge in [0.05, 0.1) is 6.54 Å². The third-order valence-electron chi connectivity index (χ3n) is 3.82. The largest absolute Gasteiger partial charge is 0.321 e. The van der Waals surface area contributed by atoms with Crippen LogP contribution in [-0.4, -0.2) is 31.4 Å². The molecule has 2 aromatic carbocycles. The number of anilines is 2. The average Bonchev–Trinajstić information content (AvgIpc) is 2.61. The molecule has 0 aliphatic carbocycles. The zero-order valence-corrected chi connectivity index (χ0v) is 14.6. The third kappa shape index (κ3) is 7.18. The number of hydrogen-bond donors (Lipinski definition) is 3. The zero-order chi connectivity index (χ0) is 17.9. The lowest BCUT2D eigenvalue weighted by Gasteiger charge is -2.18. The number of amides is 2. The molecule has 0 fully saturated rings. The van der Waals surface area contributed by atoms with E-state index in [1.165, 1.54) is 0 Å². The van der Waals surface area contributed by atoms with Crippen LogP contribution in [0.25, 0.3) is 0 Å². The predicted octanol–water partition coefficient (Wildman–Crippen LogP) is 1.95. The number of carbonyl (C=O) groups excluding carboxylic acids is 2. The highest BCUT2D eigenvalue weighted by Crippen LogP contribution is 2.04. The molecule has 5 nitrogen and oxygen atoms in total. The van der Waals surface area contributed by atoms with Gasteiger partial charge in [-0.3, -0.25) is 9.59 Å². The summed E-state index contributed by atoms with van der Waals surface area (Å²) in [7, 11) is 0. The molecule has 0 bridgehead atoms. The molecule has 2 aromatic rings. The van der Waals surface area contributed by atoms with Gasteiger partial charge in [-0.05, 0) is 30.7 Å². The smallest absolute Gasteiger partial charge is 0.279 e. The second-order valence-corrected chi connectivity index (χ2v) is 6.04. The highest BCUT2D eigenvalue weighted by atomic mass is 16.2. The number of benzene rings is 2. The Morgan fingerprint density at radius 3 is 1.64 bits per heavy atom. The average molecular weight is 340 g/mol. The van der Waals surface area contributed by atoms with Crippen LogP contribution in [0.2, 0.25) is 0 Å². The molecular formula is C20H26N3O2+. The number of hydrogen-bond acceptors (Lipinski definition) is 2. The van der Waals surface area contributed by atoms with Crippen LogP contribution in [-0.2, 0) is 9.59 Å². The van der Waals surface area contributed by atoms with Gasteiger partial charge in [0.15, 0.2) is 13.1 Å². The molecular weight excluding hydrogens is 314 g/mol. The Hall–Kier alpha value is -2.66. The molecule has 0 unspecified atom stereocenters. The van der Waals surface area contributed by atoms with Gasteiger partial charge in [0.2, 0.25) is 0 Å². The van der Waals surface area contributed by atoms with E-state index in [0.29, 0.717) is 0 Å². The van der Waals surface area contributed by atoms with E-state index in [4.69, 9.17) is 0 Å². The van der Waals surface area contributed by atoms with Crippen molar-refractivity contribution in [2.45, 2.75) is 19.8 Å². The molecule has 25 heavy (non-hydrogen) atoms. The minimum atomic E-state index is -0.0789. The Balaban J connectivity index is 1.88. The minimum absolute atomic E-state index is 0.0789. The highest BCUT2D eigenvalue weighted by molar-refractivity contribution is 5.93. The number of unbranched alkanes of at least 4 members (excludes halogenated alkanes) is 1. The Morgan fingerprint density at radius 1 is 0.800 bits per heavy atom. The Kier molecular flexibility index (Phi) is 7.66. The van der Waals surface area contributed by atoms with Crippen molar-refractivity contribution in [2.75, 3.05) is 30.3 Å². The Morgan fingerprint density at radius 2 is 1.24 bits per heavy atom. The Labute approximate surface area is 149 Å². The molecule has 3 N–H and O–H groups in total. The number of nitrogens with one attached hydrogen (secondary N) is 3. The van der Waals surface area contributed by atoms with Gasteiger partial charge < -0.3 is 15.5 Å². The summed E-state index contributed by atoms with van der Waals surface area (Å²) in [5.41, 5.74) is 1.55. The van der Waals surface area contributed by atoms with Gasteiger partial charge in [0.1, 0.15) is 0 Å². The predicted molar refractivity (Wildman–Crippen MR) is 101 cm³/mol. The van der Waals surface area contributed by atoms with Gasteiger partial charge in [0.25, 0.3) is 11.8 Å². The number of para-hydroxylation sites is 2. The van der Waals surface area contributed by atoms with Crippen LogP contribution in [0, 0.1) is 0 Å². The summed E-state index contributed by atoms with van der Waals surface area (Å²) < 4.78 is 0. The third-order valence-corrected chi connectivity index (χ3v) is 3.82. The van der Waals surface area contributed by atoms with E-state index >= 15 is 0 Å². The molecule has 2 amide bonds. The molecule has 132 valence electrons. The lowest BCUT2D eigenvalue weighted by atomic mass is 10.3. The molecule has 0 aromatic heterocycles. The quantitative estimate of drug-likeness (QED) is 0.653. The molecule has 0 atom stereocenters. The fourth-order valence-corrected chi connectivity index (χ4v) is 2.57. The van der Waals surface area contributed by atoms with E-state index in [1.54, 1.807) is 0 Å². The van der Waals surface area contributed by atoms with Crippen molar-refractivity contribution >= 4 is 23.2 Å². The standard InChI is InChI=1S/C20H25N3O2/c1-2-3-14-23(15-19(24)21-17-10-6-4-7-11-17)16-20(25)22-18-12-8-5-9-13-18/h4-13H,2-3,14-16H2,1H3,(H,21,24)(H,22,25)/p+1. The van der Waals surface area contributed by atoms with E-state index in [0.717, 1.165) is 35.7 Å². The molecule has 2 rings (SSSR count). The van der Waals surface area contributed by atoms with Crippen molar-refractivity contribution < 1.29 is 14.5 Å². The van der Waals surface area contributed by atoms with Crippen LogP contribution in [0.15, 0.2) is 60.7 Å². The maximum absolute atomic E-state index is 12.3. The van der Waals surface area contributed by atoms with Crippen LogP contribution in [0.4, 0.5) is 11.4 Å². The second-order valence-electron chi connectivity index (χ2n) is 6.04. The van der Waals surface area contributed by atoms with Crippen molar-refractivity contribution in [3.05, 3.63) is 60.7 Å². The lowest BCUT2D eigenvalue weighted by molar-refractivity contribution is -0.883. The minimum Gasteiger partial charge on any atom is -0.321 e. The molecule has 0 heterocycles. The summed E-state index contributed by atoms with van der Waals surface area (Å²) in [5, 5.41) is 5.76. The van der Waals surface area contributed by atoms with Crippen molar-refractivity contribution in [2.24, 2.45) is 0 Å². The summed E-state index contributed by atoms with van der Waals surface area (Å²) in [5.74, 6) is -0.158. The number of quaternary nitrogens is 1. The van der Waals surface area contributed by atoms with E-state index < -0.39 is 0 Å². The number of carbonyl (C=O) groups is 2. The van der Waals surface area contributed by atoms with Crippen LogP contribution in [0.5, 0.6) is 0 Å². The zero-order valence-electron chi connectivity index (χ0n) is 14.6. The molecule has 5 heteroatoms. The van der Waals surface area contributed by atoms with Gasteiger partial charge in [-0.25, -0.2) is 0 Å². The Bertz CT molecular complexity index is 604. The van der Waals surface area contributed by atoms with E-state index in [2.05, 4.69) is 17.6 Å². The van der Waals surface area contributed by atoms with Gasteiger partial charge >= 0.3 is 0 Å². The van der Waals surface area contributed by atoms with Gasteiger partial charge in [-0.15, -0.1) is 0 Å². The summed E-state index contributed by atoms with van der Waals surface area (Å²) in [6.45, 7) is 3.45. The maximum atomic E-state index is 12.3. The first-order valence-corrected chi connectivity index (χ1v) is 8.70. The summed E-state index contributed by atoms with van der Waals surface area (Å²) in [4.78, 5) is 25.5. The monoisotopic (exact) mass is 340 g/mol. The topological polar surface area (TPSA) is 62.6 Å². The van der Waals surface area contributed by atoms with Crippen LogP contribution in [0.3, 0.4) is 0 Å². The normalized spacial score (nSPS) is 10.5. The number of rotatable bonds is 9. The van der Waals surface area contributed by atoms with Crippen LogP contribution < -0.4 is 15.5 Å². The SMILES string of the molecule is CCCC[NH+](CC(=O)Nc1ccccc1)CC(=O)Nc1ccccc1. The van der Waals surface area contributed by atoms with Crippen molar-refractivity contribution in [3.8, 4) is 0 Å². The van der Waals surface area contributed by atoms with Gasteiger partial charge in [-0.2, -0.15) is 0 Å². The van der Waals surface area contributed by atoms with E-state index in [9.17, 15) is 9.59 Å². The first-order valence-electron chi connectivity index (χ1n) is 8.70. The first kappa shape index (κ1) is 18.7. The van der Waals surface area contributed by atoms with Crippen molar-refractivity contribution in [1.82, 2.24) is 0 Å². The van der Waals surface area contributed by atoms with Crippen molar-refractivity contribution in [1.29, 1.82) is 0 Å². The molecule has 0 spiro atoms. The van der Waals surface area contributed by atoms with Gasteiger partial charge in [0, 0.05) is 11.4 Å². The fourth-order valence-electron chi connectivity index (χ4n) is 2.57. The maximum Gasteiger partial charge on any atom is 0.279 e. The molecule has 0 saturated carbocycles. The van der Waals surface area contributed by atoms with Crippen molar-refractivity contribution in [3.63, 3.8) is 0 Å². The molecule has 0 saturated heterocycles. The van der Waals surface area contributed by atoms with E-state index in [-0.39, 0.29) is 24.9 Å². The first-order chi connectivity index (χ1) is 12.2. The molecule has 0 aliphatic heterocycles. The summed E-state index contributed by atoms with van der Waals surface area (Å²) >= 11 is 0.